The zero-order chi connectivity index (χ0) is 18.6. The lowest BCUT2D eigenvalue weighted by molar-refractivity contribution is -0.140. The van der Waals surface area contributed by atoms with E-state index in [0.717, 1.165) is 17.7 Å². The lowest BCUT2D eigenvalue weighted by atomic mass is 9.49. The Morgan fingerprint density at radius 1 is 1.44 bits per heavy atom. The largest absolute Gasteiger partial charge is 0.461 e. The Morgan fingerprint density at radius 3 is 2.72 bits per heavy atom. The maximum atomic E-state index is 12.7. The molecule has 1 saturated carbocycles. The van der Waals surface area contributed by atoms with Gasteiger partial charge in [0.05, 0.1) is 18.4 Å². The second-order valence-corrected chi connectivity index (χ2v) is 8.00. The van der Waals surface area contributed by atoms with E-state index in [4.69, 9.17) is 4.74 Å². The number of nitriles is 1. The molecule has 2 aliphatic carbocycles. The molecular formula is C19H25N3O3. The molecule has 134 valence electrons. The van der Waals surface area contributed by atoms with Gasteiger partial charge in [-0.1, -0.05) is 20.8 Å². The number of nitrogens with zero attached hydrogens (tertiary/aromatic N) is 3. The van der Waals surface area contributed by atoms with Gasteiger partial charge in [0, 0.05) is 23.4 Å². The molecule has 0 saturated heterocycles. The van der Waals surface area contributed by atoms with Gasteiger partial charge in [-0.05, 0) is 32.1 Å². The number of esters is 1. The van der Waals surface area contributed by atoms with Crippen LogP contribution in [0.15, 0.2) is 0 Å². The van der Waals surface area contributed by atoms with Crippen LogP contribution in [0.5, 0.6) is 0 Å². The van der Waals surface area contributed by atoms with Gasteiger partial charge >= 0.3 is 5.97 Å². The molecule has 2 aliphatic rings. The lowest BCUT2D eigenvalue weighted by Gasteiger charge is -2.52. The van der Waals surface area contributed by atoms with Crippen molar-refractivity contribution in [2.45, 2.75) is 52.4 Å². The Morgan fingerprint density at radius 2 is 2.12 bits per heavy atom. The Balaban J connectivity index is 2.15. The van der Waals surface area contributed by atoms with Crippen molar-refractivity contribution in [3.8, 4) is 6.07 Å². The highest BCUT2D eigenvalue weighted by molar-refractivity contribution is 5.91. The van der Waals surface area contributed by atoms with Gasteiger partial charge in [0.25, 0.3) is 0 Å². The quantitative estimate of drug-likeness (QED) is 0.771. The van der Waals surface area contributed by atoms with E-state index in [1.54, 1.807) is 18.7 Å². The molecule has 0 radical (unpaired) electrons. The van der Waals surface area contributed by atoms with Crippen molar-refractivity contribution in [1.82, 2.24) is 9.78 Å². The van der Waals surface area contributed by atoms with Gasteiger partial charge in [0.2, 0.25) is 0 Å². The van der Waals surface area contributed by atoms with Gasteiger partial charge in [0.1, 0.15) is 11.6 Å². The second-order valence-electron chi connectivity index (χ2n) is 8.00. The Labute approximate surface area is 148 Å². The summed E-state index contributed by atoms with van der Waals surface area (Å²) >= 11 is 0. The standard InChI is InChI=1S/C19H25N3O3/c1-6-25-17(24)14-12-7-8-13-18(2,3)16(23)11(10-20)9-19(13,4)15(12)21-22(14)5/h11,13H,6-9H2,1-5H3/t11?,13-,19-/m0/s1. The summed E-state index contributed by atoms with van der Waals surface area (Å²) in [5.74, 6) is -0.851. The van der Waals surface area contributed by atoms with E-state index in [1.807, 2.05) is 13.8 Å². The first kappa shape index (κ1) is 17.7. The molecule has 1 fully saturated rings. The van der Waals surface area contributed by atoms with Gasteiger partial charge in [0.15, 0.2) is 5.78 Å². The highest BCUT2D eigenvalue weighted by Crippen LogP contribution is 2.57. The zero-order valence-electron chi connectivity index (χ0n) is 15.5. The number of rotatable bonds is 2. The number of carbonyl (C=O) groups is 2. The summed E-state index contributed by atoms with van der Waals surface area (Å²) in [5, 5.41) is 14.2. The number of fused-ring (bicyclic) bond motifs is 3. The monoisotopic (exact) mass is 343 g/mol. The molecule has 3 atom stereocenters. The molecule has 25 heavy (non-hydrogen) atoms. The van der Waals surface area contributed by atoms with Crippen LogP contribution in [-0.4, -0.2) is 28.1 Å². The minimum Gasteiger partial charge on any atom is -0.461 e. The number of carbonyl (C=O) groups excluding carboxylic acids is 2. The summed E-state index contributed by atoms with van der Waals surface area (Å²) in [4.78, 5) is 25.1. The van der Waals surface area contributed by atoms with E-state index in [0.29, 0.717) is 25.1 Å². The summed E-state index contributed by atoms with van der Waals surface area (Å²) < 4.78 is 6.79. The normalized spacial score (nSPS) is 30.2. The first-order valence-corrected chi connectivity index (χ1v) is 8.85. The number of hydrogen-bond donors (Lipinski definition) is 0. The molecule has 0 bridgehead atoms. The molecule has 3 rings (SSSR count). The summed E-state index contributed by atoms with van der Waals surface area (Å²) in [7, 11) is 1.75. The third kappa shape index (κ3) is 2.32. The van der Waals surface area contributed by atoms with E-state index < -0.39 is 16.7 Å². The highest BCUT2D eigenvalue weighted by Gasteiger charge is 2.58. The fraction of sp³-hybridized carbons (Fsp3) is 0.684. The number of aryl methyl sites for hydroxylation is 1. The number of aromatic nitrogens is 2. The van der Waals surface area contributed by atoms with Crippen LogP contribution in [0.25, 0.3) is 0 Å². The maximum Gasteiger partial charge on any atom is 0.356 e. The van der Waals surface area contributed by atoms with E-state index in [9.17, 15) is 14.9 Å². The van der Waals surface area contributed by atoms with E-state index in [1.165, 1.54) is 0 Å². The molecule has 6 heteroatoms. The van der Waals surface area contributed by atoms with Gasteiger partial charge in [-0.25, -0.2) is 4.79 Å². The van der Waals surface area contributed by atoms with Crippen LogP contribution in [0.2, 0.25) is 0 Å². The highest BCUT2D eigenvalue weighted by atomic mass is 16.5. The first-order valence-electron chi connectivity index (χ1n) is 8.85. The average molecular weight is 343 g/mol. The number of ether oxygens (including phenoxy) is 1. The van der Waals surface area contributed by atoms with Crippen LogP contribution in [0.1, 0.15) is 62.3 Å². The molecule has 0 aliphatic heterocycles. The molecule has 1 aromatic heterocycles. The van der Waals surface area contributed by atoms with E-state index in [2.05, 4.69) is 18.1 Å². The molecule has 0 spiro atoms. The third-order valence-electron chi connectivity index (χ3n) is 6.21. The first-order chi connectivity index (χ1) is 11.7. The summed E-state index contributed by atoms with van der Waals surface area (Å²) in [6.07, 6.45) is 1.96. The van der Waals surface area contributed by atoms with Gasteiger partial charge in [-0.2, -0.15) is 10.4 Å². The number of hydrogen-bond acceptors (Lipinski definition) is 5. The van der Waals surface area contributed by atoms with E-state index >= 15 is 0 Å². The van der Waals surface area contributed by atoms with Crippen LogP contribution in [0, 0.1) is 28.6 Å². The van der Waals surface area contributed by atoms with Crippen molar-refractivity contribution < 1.29 is 14.3 Å². The van der Waals surface area contributed by atoms with Crippen molar-refractivity contribution in [1.29, 1.82) is 5.26 Å². The summed E-state index contributed by atoms with van der Waals surface area (Å²) in [6, 6.07) is 2.19. The zero-order valence-corrected chi connectivity index (χ0v) is 15.5. The van der Waals surface area contributed by atoms with E-state index in [-0.39, 0.29) is 17.7 Å². The van der Waals surface area contributed by atoms with Crippen LogP contribution >= 0.6 is 0 Å². The molecule has 0 aromatic carbocycles. The fourth-order valence-corrected chi connectivity index (χ4v) is 5.13. The predicted molar refractivity (Wildman–Crippen MR) is 90.8 cm³/mol. The van der Waals surface area contributed by atoms with Gasteiger partial charge in [-0.3, -0.25) is 9.48 Å². The minimum atomic E-state index is -0.629. The number of Topliss-reactive ketones (excluding diaryl/α,β-unsaturated/α-hetero) is 1. The molecule has 1 aromatic rings. The lowest BCUT2D eigenvalue weighted by Crippen LogP contribution is -2.55. The molecule has 0 N–H and O–H groups in total. The van der Waals surface area contributed by atoms with Crippen molar-refractivity contribution in [2.75, 3.05) is 6.61 Å². The minimum absolute atomic E-state index is 0.0301. The predicted octanol–water partition coefficient (Wildman–Crippen LogP) is 2.56. The van der Waals surface area contributed by atoms with Crippen molar-refractivity contribution in [2.24, 2.45) is 24.3 Å². The summed E-state index contributed by atoms with van der Waals surface area (Å²) in [6.45, 7) is 8.08. The number of ketones is 1. The molecule has 1 unspecified atom stereocenters. The van der Waals surface area contributed by atoms with Crippen LogP contribution in [0.3, 0.4) is 0 Å². The van der Waals surface area contributed by atoms with Crippen molar-refractivity contribution in [3.05, 3.63) is 17.0 Å². The third-order valence-corrected chi connectivity index (χ3v) is 6.21. The summed E-state index contributed by atoms with van der Waals surface area (Å²) in [5.41, 5.74) is 1.30. The van der Waals surface area contributed by atoms with Crippen LogP contribution < -0.4 is 0 Å². The van der Waals surface area contributed by atoms with Gasteiger partial charge in [-0.15, -0.1) is 0 Å². The Hall–Kier alpha value is -2.16. The average Bonchev–Trinajstić information content (AvgIpc) is 2.89. The molecule has 0 amide bonds. The molecular weight excluding hydrogens is 318 g/mol. The smallest absolute Gasteiger partial charge is 0.356 e. The SMILES string of the molecule is CCOC(=O)c1c2c(nn1C)[C@@]1(C)CC(C#N)C(=O)C(C)(C)[C@@H]1CC2. The Kier molecular flexibility index (Phi) is 4.02. The second kappa shape index (κ2) is 5.69. The fourth-order valence-electron chi connectivity index (χ4n) is 5.13. The molecule has 6 nitrogen and oxygen atoms in total. The topological polar surface area (TPSA) is 85.0 Å². The van der Waals surface area contributed by atoms with Crippen molar-refractivity contribution in [3.63, 3.8) is 0 Å². The van der Waals surface area contributed by atoms with Crippen molar-refractivity contribution >= 4 is 11.8 Å². The van der Waals surface area contributed by atoms with Crippen LogP contribution in [0.4, 0.5) is 0 Å². The maximum absolute atomic E-state index is 12.7. The van der Waals surface area contributed by atoms with Crippen LogP contribution in [-0.2, 0) is 28.4 Å². The Bertz CT molecular complexity index is 787. The van der Waals surface area contributed by atoms with Gasteiger partial charge < -0.3 is 4.74 Å². The molecule has 1 heterocycles.